The van der Waals surface area contributed by atoms with Crippen LogP contribution >= 0.6 is 12.2 Å². The first-order valence-electron chi connectivity index (χ1n) is 8.81. The number of rotatable bonds is 7. The van der Waals surface area contributed by atoms with Crippen molar-refractivity contribution < 1.29 is 9.47 Å². The summed E-state index contributed by atoms with van der Waals surface area (Å²) < 4.78 is 11.4. The Morgan fingerprint density at radius 2 is 1.52 bits per heavy atom. The maximum atomic E-state index is 5.80. The minimum Gasteiger partial charge on any atom is -0.492 e. The van der Waals surface area contributed by atoms with Gasteiger partial charge in [-0.2, -0.15) is 0 Å². The first-order chi connectivity index (χ1) is 13.2. The molecule has 0 saturated carbocycles. The van der Waals surface area contributed by atoms with E-state index >= 15 is 0 Å². The SMILES string of the molecule is CCOc1ccccc1NC(=S)Nc1ccc(OCc2ccccc2)cc1. The van der Waals surface area contributed by atoms with Crippen molar-refractivity contribution >= 4 is 28.7 Å². The molecule has 3 aromatic carbocycles. The van der Waals surface area contributed by atoms with Gasteiger partial charge in [0.15, 0.2) is 5.11 Å². The molecule has 0 aliphatic carbocycles. The van der Waals surface area contributed by atoms with Crippen molar-refractivity contribution in [1.29, 1.82) is 0 Å². The number of ether oxygens (including phenoxy) is 2. The van der Waals surface area contributed by atoms with E-state index in [1.807, 2.05) is 85.8 Å². The van der Waals surface area contributed by atoms with Gasteiger partial charge < -0.3 is 20.1 Å². The van der Waals surface area contributed by atoms with Crippen molar-refractivity contribution in [1.82, 2.24) is 0 Å². The fourth-order valence-corrected chi connectivity index (χ4v) is 2.74. The molecule has 0 heterocycles. The molecule has 4 nitrogen and oxygen atoms in total. The second kappa shape index (κ2) is 9.59. The average Bonchev–Trinajstić information content (AvgIpc) is 2.70. The van der Waals surface area contributed by atoms with Crippen LogP contribution in [0.3, 0.4) is 0 Å². The third-order valence-corrected chi connectivity index (χ3v) is 4.00. The molecule has 27 heavy (non-hydrogen) atoms. The van der Waals surface area contributed by atoms with Crippen molar-refractivity contribution in [3.8, 4) is 11.5 Å². The normalized spacial score (nSPS) is 10.1. The van der Waals surface area contributed by atoms with Crippen molar-refractivity contribution in [2.24, 2.45) is 0 Å². The fraction of sp³-hybridized carbons (Fsp3) is 0.136. The highest BCUT2D eigenvalue weighted by Crippen LogP contribution is 2.24. The van der Waals surface area contributed by atoms with Crippen LogP contribution in [0.25, 0.3) is 0 Å². The molecule has 0 amide bonds. The molecule has 0 aromatic heterocycles. The highest BCUT2D eigenvalue weighted by atomic mass is 32.1. The Kier molecular flexibility index (Phi) is 6.66. The molecule has 3 rings (SSSR count). The molecule has 5 heteroatoms. The number of nitrogens with one attached hydrogen (secondary N) is 2. The Labute approximate surface area is 165 Å². The maximum Gasteiger partial charge on any atom is 0.175 e. The summed E-state index contributed by atoms with van der Waals surface area (Å²) in [6, 6.07) is 25.5. The second-order valence-corrected chi connectivity index (χ2v) is 6.22. The van der Waals surface area contributed by atoms with Crippen LogP contribution in [0.1, 0.15) is 12.5 Å². The van der Waals surface area contributed by atoms with E-state index in [0.29, 0.717) is 18.3 Å². The van der Waals surface area contributed by atoms with Crippen LogP contribution in [0.2, 0.25) is 0 Å². The zero-order chi connectivity index (χ0) is 18.9. The van der Waals surface area contributed by atoms with Gasteiger partial charge in [0.2, 0.25) is 0 Å². The van der Waals surface area contributed by atoms with E-state index in [1.54, 1.807) is 0 Å². The first-order valence-corrected chi connectivity index (χ1v) is 9.22. The summed E-state index contributed by atoms with van der Waals surface area (Å²) in [5.41, 5.74) is 2.85. The molecular formula is C22H22N2O2S. The fourth-order valence-electron chi connectivity index (χ4n) is 2.51. The molecule has 0 spiro atoms. The van der Waals surface area contributed by atoms with Crippen molar-refractivity contribution in [3.05, 3.63) is 84.4 Å². The molecule has 2 N–H and O–H groups in total. The summed E-state index contributed by atoms with van der Waals surface area (Å²) in [4.78, 5) is 0. The van der Waals surface area contributed by atoms with Gasteiger partial charge in [-0.25, -0.2) is 0 Å². The summed E-state index contributed by atoms with van der Waals surface area (Å²) in [6.07, 6.45) is 0. The lowest BCUT2D eigenvalue weighted by Crippen LogP contribution is -2.19. The molecule has 0 aliphatic heterocycles. The predicted octanol–water partition coefficient (Wildman–Crippen LogP) is 5.47. The van der Waals surface area contributed by atoms with Gasteiger partial charge in [-0.3, -0.25) is 0 Å². The Morgan fingerprint density at radius 1 is 0.815 bits per heavy atom. The van der Waals surface area contributed by atoms with Crippen LogP contribution in [-0.4, -0.2) is 11.7 Å². The monoisotopic (exact) mass is 378 g/mol. The van der Waals surface area contributed by atoms with Crippen molar-refractivity contribution in [2.75, 3.05) is 17.2 Å². The van der Waals surface area contributed by atoms with Crippen molar-refractivity contribution in [3.63, 3.8) is 0 Å². The number of benzene rings is 3. The smallest absolute Gasteiger partial charge is 0.175 e. The molecule has 0 unspecified atom stereocenters. The number of para-hydroxylation sites is 2. The Morgan fingerprint density at radius 3 is 2.26 bits per heavy atom. The van der Waals surface area contributed by atoms with E-state index in [2.05, 4.69) is 10.6 Å². The first kappa shape index (κ1) is 18.7. The molecule has 0 aliphatic rings. The third kappa shape index (κ3) is 5.72. The quantitative estimate of drug-likeness (QED) is 0.534. The van der Waals surface area contributed by atoms with Gasteiger partial charge in [-0.05, 0) is 61.1 Å². The van der Waals surface area contributed by atoms with E-state index in [0.717, 1.165) is 28.4 Å². The van der Waals surface area contributed by atoms with Gasteiger partial charge in [0.1, 0.15) is 18.1 Å². The zero-order valence-corrected chi connectivity index (χ0v) is 16.0. The van der Waals surface area contributed by atoms with Crippen LogP contribution in [0.4, 0.5) is 11.4 Å². The Balaban J connectivity index is 1.54. The Hall–Kier alpha value is -3.05. The summed E-state index contributed by atoms with van der Waals surface area (Å²) in [6.45, 7) is 3.10. The van der Waals surface area contributed by atoms with Gasteiger partial charge in [0, 0.05) is 5.69 Å². The number of thiocarbonyl (C=S) groups is 1. The lowest BCUT2D eigenvalue weighted by atomic mass is 10.2. The van der Waals surface area contributed by atoms with E-state index in [4.69, 9.17) is 21.7 Å². The summed E-state index contributed by atoms with van der Waals surface area (Å²) in [7, 11) is 0. The molecule has 3 aromatic rings. The third-order valence-electron chi connectivity index (χ3n) is 3.80. The van der Waals surface area contributed by atoms with Crippen LogP contribution in [-0.2, 0) is 6.61 Å². The minimum absolute atomic E-state index is 0.500. The molecule has 0 radical (unpaired) electrons. The molecule has 0 fully saturated rings. The summed E-state index contributed by atoms with van der Waals surface area (Å²) in [5.74, 6) is 1.58. The highest BCUT2D eigenvalue weighted by molar-refractivity contribution is 7.80. The second-order valence-electron chi connectivity index (χ2n) is 5.81. The van der Waals surface area contributed by atoms with E-state index in [9.17, 15) is 0 Å². The summed E-state index contributed by atoms with van der Waals surface area (Å²) in [5, 5.41) is 6.84. The standard InChI is InChI=1S/C22H22N2O2S/c1-2-25-21-11-7-6-10-20(21)24-22(27)23-18-12-14-19(15-13-18)26-16-17-8-4-3-5-9-17/h3-15H,2,16H2,1H3,(H2,23,24,27). The van der Waals surface area contributed by atoms with Crippen LogP contribution < -0.4 is 20.1 Å². The van der Waals surface area contributed by atoms with Crippen LogP contribution in [0.5, 0.6) is 11.5 Å². The zero-order valence-electron chi connectivity index (χ0n) is 15.1. The van der Waals surface area contributed by atoms with Crippen LogP contribution in [0, 0.1) is 0 Å². The van der Waals surface area contributed by atoms with Crippen LogP contribution in [0.15, 0.2) is 78.9 Å². The molecule has 0 atom stereocenters. The van der Waals surface area contributed by atoms with Crippen molar-refractivity contribution in [2.45, 2.75) is 13.5 Å². The van der Waals surface area contributed by atoms with E-state index < -0.39 is 0 Å². The Bertz CT molecular complexity index is 867. The summed E-state index contributed by atoms with van der Waals surface area (Å²) >= 11 is 5.40. The largest absolute Gasteiger partial charge is 0.492 e. The number of hydrogen-bond acceptors (Lipinski definition) is 3. The van der Waals surface area contributed by atoms with E-state index in [1.165, 1.54) is 0 Å². The number of anilines is 2. The van der Waals surface area contributed by atoms with Gasteiger partial charge in [-0.15, -0.1) is 0 Å². The minimum atomic E-state index is 0.500. The topological polar surface area (TPSA) is 42.5 Å². The van der Waals surface area contributed by atoms with Gasteiger partial charge in [-0.1, -0.05) is 42.5 Å². The van der Waals surface area contributed by atoms with Gasteiger partial charge in [0.25, 0.3) is 0 Å². The average molecular weight is 378 g/mol. The lowest BCUT2D eigenvalue weighted by molar-refractivity contribution is 0.306. The van der Waals surface area contributed by atoms with Gasteiger partial charge in [0.05, 0.1) is 12.3 Å². The molecule has 138 valence electrons. The number of hydrogen-bond donors (Lipinski definition) is 2. The van der Waals surface area contributed by atoms with E-state index in [-0.39, 0.29) is 0 Å². The van der Waals surface area contributed by atoms with Gasteiger partial charge >= 0.3 is 0 Å². The highest BCUT2D eigenvalue weighted by Gasteiger charge is 2.05. The predicted molar refractivity (Wildman–Crippen MR) is 115 cm³/mol. The molecular weight excluding hydrogens is 356 g/mol. The molecule has 0 saturated heterocycles. The molecule has 0 bridgehead atoms. The maximum absolute atomic E-state index is 5.80. The lowest BCUT2D eigenvalue weighted by Gasteiger charge is -2.14.